The normalized spacial score (nSPS) is 13.4. The maximum Gasteiger partial charge on any atom is 0.148 e. The molecule has 0 aliphatic heterocycles. The summed E-state index contributed by atoms with van der Waals surface area (Å²) in [6, 6.07) is -0.444. The van der Waals surface area contributed by atoms with Crippen molar-refractivity contribution in [2.75, 3.05) is 13.7 Å². The molecule has 0 spiro atoms. The first-order chi connectivity index (χ1) is 3.68. The molecule has 8 heavy (non-hydrogen) atoms. The fourth-order valence-electron chi connectivity index (χ4n) is 0.297. The fraction of sp³-hybridized carbons (Fsp3) is 0.800. The van der Waals surface area contributed by atoms with Gasteiger partial charge in [0, 0.05) is 7.11 Å². The minimum absolute atomic E-state index is 0.0353. The maximum atomic E-state index is 10.3. The molecule has 0 aromatic carbocycles. The van der Waals surface area contributed by atoms with Crippen LogP contribution in [0.25, 0.3) is 0 Å². The predicted octanol–water partition coefficient (Wildman–Crippen LogP) is -0.451. The lowest BCUT2D eigenvalue weighted by molar-refractivity contribution is -0.119. The minimum atomic E-state index is -0.444. The van der Waals surface area contributed by atoms with E-state index in [1.165, 1.54) is 14.0 Å². The van der Waals surface area contributed by atoms with Crippen LogP contribution in [0.2, 0.25) is 0 Å². The fourth-order valence-corrected chi connectivity index (χ4v) is 0.297. The second-order valence-corrected chi connectivity index (χ2v) is 1.67. The zero-order chi connectivity index (χ0) is 6.57. The van der Waals surface area contributed by atoms with Crippen LogP contribution in [0.15, 0.2) is 0 Å². The van der Waals surface area contributed by atoms with E-state index in [0.29, 0.717) is 6.61 Å². The summed E-state index contributed by atoms with van der Waals surface area (Å²) in [6.45, 7) is 1.76. The molecule has 0 aliphatic carbocycles. The molecule has 1 atom stereocenters. The van der Waals surface area contributed by atoms with Crippen molar-refractivity contribution in [3.05, 3.63) is 0 Å². The number of ketones is 1. The van der Waals surface area contributed by atoms with E-state index in [1.54, 1.807) is 0 Å². The summed E-state index contributed by atoms with van der Waals surface area (Å²) in [7, 11) is 1.52. The van der Waals surface area contributed by atoms with Gasteiger partial charge in [-0.3, -0.25) is 4.79 Å². The molecule has 48 valence electrons. The summed E-state index contributed by atoms with van der Waals surface area (Å²) in [5.41, 5.74) is 5.25. The Kier molecular flexibility index (Phi) is 3.39. The van der Waals surface area contributed by atoms with Gasteiger partial charge in [0.2, 0.25) is 0 Å². The molecule has 3 nitrogen and oxygen atoms in total. The zero-order valence-corrected chi connectivity index (χ0v) is 5.18. The van der Waals surface area contributed by atoms with Crippen LogP contribution in [0, 0.1) is 0 Å². The van der Waals surface area contributed by atoms with E-state index in [1.807, 2.05) is 0 Å². The van der Waals surface area contributed by atoms with E-state index < -0.39 is 6.04 Å². The Hall–Kier alpha value is -0.410. The highest BCUT2D eigenvalue weighted by atomic mass is 16.5. The van der Waals surface area contributed by atoms with Crippen molar-refractivity contribution >= 4 is 5.78 Å². The second kappa shape index (κ2) is 3.57. The third-order valence-electron chi connectivity index (χ3n) is 0.868. The van der Waals surface area contributed by atoms with E-state index in [2.05, 4.69) is 4.74 Å². The van der Waals surface area contributed by atoms with E-state index in [9.17, 15) is 4.79 Å². The molecule has 0 fully saturated rings. The first kappa shape index (κ1) is 7.59. The van der Waals surface area contributed by atoms with Gasteiger partial charge in [-0.2, -0.15) is 0 Å². The summed E-state index contributed by atoms with van der Waals surface area (Å²) in [6.07, 6.45) is 0. The first-order valence-electron chi connectivity index (χ1n) is 2.43. The second-order valence-electron chi connectivity index (χ2n) is 1.67. The number of nitrogens with two attached hydrogens (primary N) is 1. The van der Waals surface area contributed by atoms with Crippen LogP contribution >= 0.6 is 0 Å². The minimum Gasteiger partial charge on any atom is -0.383 e. The van der Waals surface area contributed by atoms with Crippen molar-refractivity contribution in [1.82, 2.24) is 0 Å². The lowest BCUT2D eigenvalue weighted by atomic mass is 10.2. The summed E-state index contributed by atoms with van der Waals surface area (Å²) in [5, 5.41) is 0. The van der Waals surface area contributed by atoms with Crippen LogP contribution in [0.1, 0.15) is 6.92 Å². The molecule has 2 N–H and O–H groups in total. The van der Waals surface area contributed by atoms with Crippen molar-refractivity contribution in [3.63, 3.8) is 0 Å². The number of rotatable bonds is 3. The van der Waals surface area contributed by atoms with E-state index >= 15 is 0 Å². The van der Waals surface area contributed by atoms with Gasteiger partial charge in [-0.15, -0.1) is 0 Å². The topological polar surface area (TPSA) is 52.3 Å². The Morgan fingerprint density at radius 2 is 2.38 bits per heavy atom. The smallest absolute Gasteiger partial charge is 0.148 e. The van der Waals surface area contributed by atoms with Crippen molar-refractivity contribution < 1.29 is 9.53 Å². The molecule has 0 amide bonds. The number of Topliss-reactive ketones (excluding diaryl/α,β-unsaturated/α-hetero) is 1. The summed E-state index contributed by atoms with van der Waals surface area (Å²) in [4.78, 5) is 10.3. The van der Waals surface area contributed by atoms with Gasteiger partial charge >= 0.3 is 0 Å². The zero-order valence-electron chi connectivity index (χ0n) is 5.18. The number of methoxy groups -OCH3 is 1. The van der Waals surface area contributed by atoms with Crippen LogP contribution in [0.3, 0.4) is 0 Å². The highest BCUT2D eigenvalue weighted by Gasteiger charge is 2.04. The highest BCUT2D eigenvalue weighted by Crippen LogP contribution is 1.79. The third-order valence-corrected chi connectivity index (χ3v) is 0.868. The third kappa shape index (κ3) is 2.71. The average Bonchev–Trinajstić information content (AvgIpc) is 1.67. The quantitative estimate of drug-likeness (QED) is 0.544. The van der Waals surface area contributed by atoms with E-state index in [4.69, 9.17) is 5.73 Å². The molecule has 0 bridgehead atoms. The number of hydrogen-bond donors (Lipinski definition) is 1. The number of hydrogen-bond acceptors (Lipinski definition) is 3. The molecular formula is C5H11NO2. The van der Waals surface area contributed by atoms with Crippen LogP contribution in [0.4, 0.5) is 0 Å². The standard InChI is InChI=1S/C5H11NO2/c1-4(7)5(6)3-8-2/h5H,3,6H2,1-2H3/t5-/m0/s1. The molecule has 0 aromatic heterocycles. The molecule has 0 unspecified atom stereocenters. The summed E-state index contributed by atoms with van der Waals surface area (Å²) in [5.74, 6) is -0.0353. The molecule has 0 heterocycles. The Bertz CT molecular complexity index is 82.5. The molecule has 0 saturated heterocycles. The highest BCUT2D eigenvalue weighted by molar-refractivity contribution is 5.81. The Morgan fingerprint density at radius 1 is 1.88 bits per heavy atom. The van der Waals surface area contributed by atoms with Gasteiger partial charge in [-0.1, -0.05) is 0 Å². The molecule has 0 saturated carbocycles. The van der Waals surface area contributed by atoms with Crippen molar-refractivity contribution in [3.8, 4) is 0 Å². The van der Waals surface area contributed by atoms with Gasteiger partial charge in [0.15, 0.2) is 0 Å². The van der Waals surface area contributed by atoms with Crippen LogP contribution in [-0.2, 0) is 9.53 Å². The number of carbonyl (C=O) groups excluding carboxylic acids is 1. The van der Waals surface area contributed by atoms with Crippen LogP contribution in [0.5, 0.6) is 0 Å². The Morgan fingerprint density at radius 3 is 2.50 bits per heavy atom. The van der Waals surface area contributed by atoms with Gasteiger partial charge in [0.1, 0.15) is 5.78 Å². The molecule has 0 rings (SSSR count). The van der Waals surface area contributed by atoms with E-state index in [0.717, 1.165) is 0 Å². The number of ether oxygens (including phenoxy) is 1. The molecule has 0 aromatic rings. The number of carbonyl (C=O) groups is 1. The predicted molar refractivity (Wildman–Crippen MR) is 30.5 cm³/mol. The first-order valence-corrected chi connectivity index (χ1v) is 2.43. The van der Waals surface area contributed by atoms with Crippen LogP contribution < -0.4 is 5.73 Å². The van der Waals surface area contributed by atoms with Crippen molar-refractivity contribution in [2.45, 2.75) is 13.0 Å². The Balaban J connectivity index is 3.32. The lowest BCUT2D eigenvalue weighted by Gasteiger charge is -2.03. The van der Waals surface area contributed by atoms with E-state index in [-0.39, 0.29) is 5.78 Å². The van der Waals surface area contributed by atoms with Crippen molar-refractivity contribution in [2.24, 2.45) is 5.73 Å². The van der Waals surface area contributed by atoms with Gasteiger partial charge in [0.05, 0.1) is 12.6 Å². The average molecular weight is 117 g/mol. The van der Waals surface area contributed by atoms with Crippen LogP contribution in [-0.4, -0.2) is 25.5 Å². The molecule has 3 heteroatoms. The SMILES string of the molecule is COC[C@H](N)C(C)=O. The molecule has 0 aliphatic rings. The van der Waals surface area contributed by atoms with Gasteiger partial charge < -0.3 is 10.5 Å². The molecule has 0 radical (unpaired) electrons. The molecular weight excluding hydrogens is 106 g/mol. The van der Waals surface area contributed by atoms with Gasteiger partial charge in [-0.25, -0.2) is 0 Å². The largest absolute Gasteiger partial charge is 0.383 e. The Labute approximate surface area is 48.8 Å². The van der Waals surface area contributed by atoms with Crippen molar-refractivity contribution in [1.29, 1.82) is 0 Å². The van der Waals surface area contributed by atoms with Gasteiger partial charge in [-0.05, 0) is 6.92 Å². The summed E-state index contributed by atoms with van der Waals surface area (Å²) >= 11 is 0. The lowest BCUT2D eigenvalue weighted by Crippen LogP contribution is -2.32. The monoisotopic (exact) mass is 117 g/mol. The van der Waals surface area contributed by atoms with Gasteiger partial charge in [0.25, 0.3) is 0 Å². The maximum absolute atomic E-state index is 10.3. The summed E-state index contributed by atoms with van der Waals surface area (Å²) < 4.78 is 4.62.